The Morgan fingerprint density at radius 3 is 2.19 bits per heavy atom. The van der Waals surface area contributed by atoms with E-state index in [9.17, 15) is 43.2 Å². The van der Waals surface area contributed by atoms with Gasteiger partial charge >= 0.3 is 0 Å². The van der Waals surface area contributed by atoms with Crippen LogP contribution in [-0.2, 0) is 56.0 Å². The number of thioether (sulfide) groups is 1. The number of hydrogen-bond donors (Lipinski definition) is 11. The lowest BCUT2D eigenvalue weighted by Crippen LogP contribution is -2.61. The van der Waals surface area contributed by atoms with Gasteiger partial charge in [-0.2, -0.15) is 11.8 Å². The third-order valence-electron chi connectivity index (χ3n) is 11.4. The van der Waals surface area contributed by atoms with Crippen LogP contribution in [0.2, 0.25) is 5.02 Å². The SMILES string of the molecule is CCNC(=O)[C@@H](CCCNC(=N)N)NC(=O)[C@@H]1CCCN1C(=O)[C@@H]1CCSCCC(=O)N[C@@H](Cc2ccc(Cl)cc2)C(=O)N[C@@H](Cc2cccs2)C(=O)N[C@@H](C(C)C)C(=O)N[C@@H](CC(N)=O)C(=O)N1. The predicted octanol–water partition coefficient (Wildman–Crippen LogP) is -0.456. The zero-order valence-electron chi connectivity index (χ0n) is 39.0. The summed E-state index contributed by atoms with van der Waals surface area (Å²) in [5.41, 5.74) is 11.6. The van der Waals surface area contributed by atoms with Crippen molar-refractivity contribution in [3.63, 3.8) is 0 Å². The predicted molar refractivity (Wildman–Crippen MR) is 263 cm³/mol. The number of nitrogens with zero attached hydrogens (tertiary/aromatic N) is 1. The molecule has 378 valence electrons. The highest BCUT2D eigenvalue weighted by Crippen LogP contribution is 2.22. The summed E-state index contributed by atoms with van der Waals surface area (Å²) in [5.74, 6) is -6.63. The fourth-order valence-corrected chi connectivity index (χ4v) is 9.58. The highest BCUT2D eigenvalue weighted by Gasteiger charge is 2.40. The number of likely N-dealkylation sites (tertiary alicyclic amines) is 1. The van der Waals surface area contributed by atoms with Gasteiger partial charge in [0.2, 0.25) is 53.2 Å². The number of thiophene rings is 1. The number of carbonyl (C=O) groups is 9. The van der Waals surface area contributed by atoms with E-state index in [0.29, 0.717) is 30.0 Å². The first-order valence-corrected chi connectivity index (χ1v) is 25.4. The number of amides is 9. The van der Waals surface area contributed by atoms with E-state index in [1.165, 1.54) is 28.0 Å². The molecule has 0 aliphatic carbocycles. The van der Waals surface area contributed by atoms with Crippen molar-refractivity contribution < 1.29 is 43.2 Å². The zero-order valence-corrected chi connectivity index (χ0v) is 41.4. The van der Waals surface area contributed by atoms with Crippen LogP contribution in [0.3, 0.4) is 0 Å². The van der Waals surface area contributed by atoms with Crippen LogP contribution < -0.4 is 54.0 Å². The largest absolute Gasteiger partial charge is 0.370 e. The Morgan fingerprint density at radius 1 is 0.855 bits per heavy atom. The van der Waals surface area contributed by atoms with Crippen molar-refractivity contribution in [1.29, 1.82) is 5.41 Å². The Bertz CT molecular complexity index is 2130. The molecule has 0 unspecified atom stereocenters. The smallest absolute Gasteiger partial charge is 0.245 e. The van der Waals surface area contributed by atoms with Gasteiger partial charge in [0, 0.05) is 54.5 Å². The van der Waals surface area contributed by atoms with Crippen molar-refractivity contribution in [3.05, 3.63) is 57.2 Å². The number of halogens is 1. The van der Waals surface area contributed by atoms with Crippen LogP contribution in [0.1, 0.15) is 76.2 Å². The lowest BCUT2D eigenvalue weighted by Gasteiger charge is -2.31. The van der Waals surface area contributed by atoms with Gasteiger partial charge in [-0.1, -0.05) is 43.6 Å². The van der Waals surface area contributed by atoms with Gasteiger partial charge in [0.25, 0.3) is 0 Å². The molecule has 21 nitrogen and oxygen atoms in total. The molecule has 1 aromatic heterocycles. The highest BCUT2D eigenvalue weighted by atomic mass is 35.5. The standard InChI is InChI=1S/C45H65ClN12O9S2/c1-4-50-38(61)29(9-5-17-51-45(48)49)53-42(65)34-10-6-18-58(34)44(67)30-15-20-68-21-16-36(60)52-31(22-26-11-13-27(46)14-12-26)39(62)55-32(23-28-8-7-19-69-28)41(64)57-37(25(2)3)43(66)56-33(24-35(47)59)40(63)54-30/h7-8,11-14,19,25,29-34,37H,4-6,9-10,15-18,20-24H2,1-3H3,(H2,47,59)(H,50,61)(H,52,60)(H,53,65)(H,54,63)(H,55,62)(H,56,66)(H,57,64)(H4,48,49,51)/t29-,30+,31+,32+,33+,34+,37+/m1/s1. The molecule has 3 heterocycles. The second-order valence-electron chi connectivity index (χ2n) is 17.1. The monoisotopic (exact) mass is 1020 g/mol. The molecule has 2 aliphatic heterocycles. The van der Waals surface area contributed by atoms with Crippen molar-refractivity contribution in [2.24, 2.45) is 17.4 Å². The Labute approximate surface area is 414 Å². The summed E-state index contributed by atoms with van der Waals surface area (Å²) in [7, 11) is 0. The number of rotatable bonds is 16. The number of guanidine groups is 1. The minimum absolute atomic E-state index is 0.0124. The van der Waals surface area contributed by atoms with Crippen LogP contribution in [0, 0.1) is 11.3 Å². The lowest BCUT2D eigenvalue weighted by molar-refractivity contribution is -0.142. The average molecular weight is 1020 g/mol. The number of carbonyl (C=O) groups excluding carboxylic acids is 9. The van der Waals surface area contributed by atoms with Crippen molar-refractivity contribution in [3.8, 4) is 0 Å². The molecular formula is C45H65ClN12O9S2. The first kappa shape index (κ1) is 55.7. The lowest BCUT2D eigenvalue weighted by atomic mass is 10.0. The molecule has 0 radical (unpaired) electrons. The molecule has 1 aromatic carbocycles. The van der Waals surface area contributed by atoms with Gasteiger partial charge in [-0.3, -0.25) is 48.6 Å². The van der Waals surface area contributed by atoms with Crippen molar-refractivity contribution in [1.82, 2.24) is 47.4 Å². The molecule has 2 aromatic rings. The van der Waals surface area contributed by atoms with E-state index in [2.05, 4.69) is 42.5 Å². The van der Waals surface area contributed by atoms with E-state index in [1.54, 1.807) is 57.2 Å². The minimum Gasteiger partial charge on any atom is -0.370 e. The molecule has 9 amide bonds. The molecule has 2 aliphatic rings. The minimum atomic E-state index is -1.60. The van der Waals surface area contributed by atoms with Gasteiger partial charge in [-0.25, -0.2) is 0 Å². The Kier molecular flexibility index (Phi) is 22.5. The summed E-state index contributed by atoms with van der Waals surface area (Å²) in [6, 6.07) is 1.77. The van der Waals surface area contributed by atoms with Crippen molar-refractivity contribution >= 4 is 93.8 Å². The number of nitrogens with one attached hydrogen (secondary N) is 9. The highest BCUT2D eigenvalue weighted by molar-refractivity contribution is 7.99. The first-order valence-electron chi connectivity index (χ1n) is 23.0. The molecule has 13 N–H and O–H groups in total. The Morgan fingerprint density at radius 2 is 1.54 bits per heavy atom. The fourth-order valence-electron chi connectivity index (χ4n) is 7.77. The maximum Gasteiger partial charge on any atom is 0.245 e. The van der Waals surface area contributed by atoms with Crippen molar-refractivity contribution in [2.45, 2.75) is 121 Å². The molecular weight excluding hydrogens is 952 g/mol. The van der Waals surface area contributed by atoms with E-state index in [0.717, 1.165) is 4.88 Å². The molecule has 0 spiro atoms. The molecule has 0 saturated carbocycles. The third kappa shape index (κ3) is 18.1. The normalized spacial score (nSPS) is 22.7. The number of primary amides is 1. The van der Waals surface area contributed by atoms with E-state index in [-0.39, 0.29) is 69.1 Å². The number of nitrogens with two attached hydrogens (primary N) is 2. The van der Waals surface area contributed by atoms with Gasteiger partial charge in [0.1, 0.15) is 42.3 Å². The zero-order chi connectivity index (χ0) is 50.6. The number of likely N-dealkylation sites (N-methyl/N-ethyl adjacent to an activating group) is 1. The van der Waals surface area contributed by atoms with Crippen LogP contribution >= 0.6 is 34.7 Å². The quantitative estimate of drug-likeness (QED) is 0.0579. The second kappa shape index (κ2) is 27.9. The first-order chi connectivity index (χ1) is 32.9. The molecule has 0 bridgehead atoms. The summed E-state index contributed by atoms with van der Waals surface area (Å²) in [6.07, 6.45) is 0.618. The molecule has 2 fully saturated rings. The Hall–Kier alpha value is -5.94. The maximum absolute atomic E-state index is 14.5. The summed E-state index contributed by atoms with van der Waals surface area (Å²) in [6.45, 7) is 5.75. The summed E-state index contributed by atoms with van der Waals surface area (Å²) < 4.78 is 0. The van der Waals surface area contributed by atoms with Gasteiger partial charge in [0.05, 0.1) is 6.42 Å². The summed E-state index contributed by atoms with van der Waals surface area (Å²) in [4.78, 5) is 126. The van der Waals surface area contributed by atoms with E-state index in [1.807, 2.05) is 5.38 Å². The Balaban J connectivity index is 1.64. The number of hydrogen-bond acceptors (Lipinski definition) is 12. The van der Waals surface area contributed by atoms with Crippen LogP contribution in [0.15, 0.2) is 41.8 Å². The summed E-state index contributed by atoms with van der Waals surface area (Å²) >= 11 is 8.76. The van der Waals surface area contributed by atoms with Crippen molar-refractivity contribution in [2.75, 3.05) is 31.1 Å². The third-order valence-corrected chi connectivity index (χ3v) is 13.5. The van der Waals surface area contributed by atoms with Gasteiger partial charge < -0.3 is 58.9 Å². The van der Waals surface area contributed by atoms with Crippen LogP contribution in [0.4, 0.5) is 0 Å². The van der Waals surface area contributed by atoms with Crippen LogP contribution in [0.5, 0.6) is 0 Å². The van der Waals surface area contributed by atoms with Gasteiger partial charge in [-0.15, -0.1) is 11.3 Å². The van der Waals surface area contributed by atoms with E-state index >= 15 is 0 Å². The molecule has 7 atom stereocenters. The van der Waals surface area contributed by atoms with E-state index < -0.39 is 108 Å². The topological polar surface area (TPSA) is 329 Å². The van der Waals surface area contributed by atoms with Gasteiger partial charge in [0.15, 0.2) is 5.96 Å². The molecule has 24 heteroatoms. The molecule has 2 saturated heterocycles. The molecule has 69 heavy (non-hydrogen) atoms. The average Bonchev–Trinajstić information content (AvgIpc) is 4.01. The molecule has 4 rings (SSSR count). The second-order valence-corrected chi connectivity index (χ2v) is 19.8. The van der Waals surface area contributed by atoms with E-state index in [4.69, 9.17) is 28.5 Å². The van der Waals surface area contributed by atoms with Crippen LogP contribution in [0.25, 0.3) is 0 Å². The van der Waals surface area contributed by atoms with Crippen LogP contribution in [-0.4, -0.2) is 137 Å². The maximum atomic E-state index is 14.5. The van der Waals surface area contributed by atoms with Gasteiger partial charge in [-0.05, 0) is 79.8 Å². The number of benzene rings is 1. The fraction of sp³-hybridized carbons (Fsp3) is 0.556. The summed E-state index contributed by atoms with van der Waals surface area (Å²) in [5, 5.41) is 31.3.